The summed E-state index contributed by atoms with van der Waals surface area (Å²) in [5.74, 6) is -0.155. The molecule has 0 fully saturated rings. The van der Waals surface area contributed by atoms with E-state index < -0.39 is 0 Å². The molecule has 0 rings (SSSR count). The smallest absolute Gasteiger partial charge is 0.330 e. The molecule has 0 bridgehead atoms. The number of hydrogen-bond donors (Lipinski definition) is 0. The van der Waals surface area contributed by atoms with Crippen molar-refractivity contribution in [2.75, 3.05) is 13.2 Å². The Morgan fingerprint density at radius 1 is 0.346 bits per heavy atom. The summed E-state index contributed by atoms with van der Waals surface area (Å²) in [6.45, 7) is 5.74. The highest BCUT2D eigenvalue weighted by Crippen LogP contribution is 2.16. The molecule has 0 aliphatic rings. The van der Waals surface area contributed by atoms with Crippen LogP contribution in [0.15, 0.2) is 12.2 Å². The first-order chi connectivity index (χ1) is 25.7. The van der Waals surface area contributed by atoms with Crippen molar-refractivity contribution in [1.29, 1.82) is 0 Å². The van der Waals surface area contributed by atoms with Crippen molar-refractivity contribution in [1.82, 2.24) is 0 Å². The van der Waals surface area contributed by atoms with Crippen LogP contribution in [0.1, 0.15) is 271 Å². The molecule has 0 heterocycles. The second kappa shape index (κ2) is 45.8. The lowest BCUT2D eigenvalue weighted by Crippen LogP contribution is -2.05. The van der Waals surface area contributed by atoms with Crippen LogP contribution >= 0.6 is 0 Å². The van der Waals surface area contributed by atoms with E-state index in [4.69, 9.17) is 9.47 Å². The van der Waals surface area contributed by atoms with Gasteiger partial charge in [0.25, 0.3) is 0 Å². The van der Waals surface area contributed by atoms with Crippen molar-refractivity contribution in [2.24, 2.45) is 0 Å². The first kappa shape index (κ1) is 50.7. The van der Waals surface area contributed by atoms with Crippen molar-refractivity contribution in [3.63, 3.8) is 0 Å². The molecule has 0 saturated heterocycles. The minimum atomic E-state index is -0.166. The van der Waals surface area contributed by atoms with E-state index in [0.29, 0.717) is 19.6 Å². The number of rotatable bonds is 44. The Morgan fingerprint density at radius 2 is 0.635 bits per heavy atom. The molecule has 0 spiro atoms. The quantitative estimate of drug-likeness (QED) is 0.0355. The van der Waals surface area contributed by atoms with Crippen molar-refractivity contribution in [2.45, 2.75) is 271 Å². The van der Waals surface area contributed by atoms with Gasteiger partial charge in [0, 0.05) is 12.5 Å². The molecule has 0 unspecified atom stereocenters. The molecule has 0 atom stereocenters. The molecule has 0 aromatic heterocycles. The van der Waals surface area contributed by atoms with Gasteiger partial charge in [-0.15, -0.1) is 0 Å². The van der Waals surface area contributed by atoms with Gasteiger partial charge in [-0.1, -0.05) is 238 Å². The van der Waals surface area contributed by atoms with E-state index in [1.807, 2.05) is 6.08 Å². The van der Waals surface area contributed by atoms with Crippen molar-refractivity contribution < 1.29 is 19.1 Å². The van der Waals surface area contributed by atoms with E-state index >= 15 is 0 Å². The zero-order valence-corrected chi connectivity index (χ0v) is 35.5. The zero-order valence-electron chi connectivity index (χ0n) is 35.5. The number of unbranched alkanes of at least 4 members (excludes halogenated alkanes) is 36. The van der Waals surface area contributed by atoms with Gasteiger partial charge in [-0.2, -0.15) is 0 Å². The number of ether oxygens (including phenoxy) is 2. The van der Waals surface area contributed by atoms with Crippen molar-refractivity contribution >= 4 is 11.9 Å². The van der Waals surface area contributed by atoms with E-state index in [-0.39, 0.29) is 11.9 Å². The molecule has 0 aromatic carbocycles. The minimum Gasteiger partial charge on any atom is -0.466 e. The predicted molar refractivity (Wildman–Crippen MR) is 227 cm³/mol. The molecule has 0 amide bonds. The Labute approximate surface area is 326 Å². The third-order valence-electron chi connectivity index (χ3n) is 10.8. The standard InChI is InChI=1S/C48H92O4/c1-3-5-7-9-11-13-15-25-29-33-37-41-45-51-47(49)43-39-35-31-27-23-21-19-17-18-20-22-24-28-32-36-40-44-48(50)52-46-42-38-34-30-26-16-14-12-10-8-6-4-2/h39,43H,3-38,40-42,44-46H2,1-2H3. The normalized spacial score (nSPS) is 11.5. The molecule has 0 N–H and O–H groups in total. The summed E-state index contributed by atoms with van der Waals surface area (Å²) in [5.41, 5.74) is 0. The minimum absolute atomic E-state index is 0.0112. The van der Waals surface area contributed by atoms with E-state index in [0.717, 1.165) is 32.1 Å². The fraction of sp³-hybridized carbons (Fsp3) is 0.917. The summed E-state index contributed by atoms with van der Waals surface area (Å²) >= 11 is 0. The van der Waals surface area contributed by atoms with Crippen LogP contribution in [-0.2, 0) is 19.1 Å². The van der Waals surface area contributed by atoms with Crippen molar-refractivity contribution in [3.05, 3.63) is 12.2 Å². The second-order valence-electron chi connectivity index (χ2n) is 16.1. The van der Waals surface area contributed by atoms with E-state index in [2.05, 4.69) is 13.8 Å². The zero-order chi connectivity index (χ0) is 37.7. The number of carbonyl (C=O) groups excluding carboxylic acids is 2. The number of hydrogen-bond acceptors (Lipinski definition) is 4. The first-order valence-electron chi connectivity index (χ1n) is 23.7. The second-order valence-corrected chi connectivity index (χ2v) is 16.1. The summed E-state index contributed by atoms with van der Waals surface area (Å²) in [7, 11) is 0. The first-order valence-corrected chi connectivity index (χ1v) is 23.7. The fourth-order valence-corrected chi connectivity index (χ4v) is 7.20. The van der Waals surface area contributed by atoms with Crippen LogP contribution in [0.2, 0.25) is 0 Å². The summed E-state index contributed by atoms with van der Waals surface area (Å²) in [5, 5.41) is 0. The van der Waals surface area contributed by atoms with Gasteiger partial charge < -0.3 is 9.47 Å². The maximum absolute atomic E-state index is 12.0. The van der Waals surface area contributed by atoms with Crippen LogP contribution in [0.4, 0.5) is 0 Å². The molecule has 0 aromatic rings. The Bertz CT molecular complexity index is 732. The summed E-state index contributed by atoms with van der Waals surface area (Å²) in [6, 6.07) is 0. The monoisotopic (exact) mass is 733 g/mol. The van der Waals surface area contributed by atoms with E-state index in [1.54, 1.807) is 6.08 Å². The van der Waals surface area contributed by atoms with Gasteiger partial charge in [0.2, 0.25) is 0 Å². The average molecular weight is 733 g/mol. The van der Waals surface area contributed by atoms with Crippen molar-refractivity contribution in [3.8, 4) is 0 Å². The van der Waals surface area contributed by atoms with Gasteiger partial charge in [0.1, 0.15) is 0 Å². The van der Waals surface area contributed by atoms with Crippen LogP contribution in [0.25, 0.3) is 0 Å². The van der Waals surface area contributed by atoms with E-state index in [9.17, 15) is 9.59 Å². The maximum Gasteiger partial charge on any atom is 0.330 e. The molecule has 0 aliphatic heterocycles. The van der Waals surface area contributed by atoms with Crippen LogP contribution in [0, 0.1) is 0 Å². The Morgan fingerprint density at radius 3 is 1.00 bits per heavy atom. The highest BCUT2D eigenvalue weighted by molar-refractivity contribution is 5.81. The maximum atomic E-state index is 12.0. The third kappa shape index (κ3) is 44.8. The largest absolute Gasteiger partial charge is 0.466 e. The van der Waals surface area contributed by atoms with E-state index in [1.165, 1.54) is 218 Å². The third-order valence-corrected chi connectivity index (χ3v) is 10.8. The predicted octanol–water partition coefficient (Wildman–Crippen LogP) is 16.3. The molecule has 0 saturated carbocycles. The van der Waals surface area contributed by atoms with Gasteiger partial charge in [-0.25, -0.2) is 4.79 Å². The molecule has 0 radical (unpaired) electrons. The number of carbonyl (C=O) groups is 2. The molecular weight excluding hydrogens is 641 g/mol. The summed E-state index contributed by atoms with van der Waals surface area (Å²) < 4.78 is 10.8. The van der Waals surface area contributed by atoms with Crippen LogP contribution in [0.5, 0.6) is 0 Å². The number of allylic oxidation sites excluding steroid dienone is 1. The molecule has 4 heteroatoms. The molecule has 0 aliphatic carbocycles. The van der Waals surface area contributed by atoms with Crippen LogP contribution < -0.4 is 0 Å². The molecular formula is C48H92O4. The topological polar surface area (TPSA) is 52.6 Å². The molecule has 308 valence electrons. The average Bonchev–Trinajstić information content (AvgIpc) is 3.14. The molecule has 52 heavy (non-hydrogen) atoms. The van der Waals surface area contributed by atoms with Gasteiger partial charge in [-0.05, 0) is 32.1 Å². The van der Waals surface area contributed by atoms with Crippen LogP contribution in [0.3, 0.4) is 0 Å². The lowest BCUT2D eigenvalue weighted by molar-refractivity contribution is -0.144. The van der Waals surface area contributed by atoms with Gasteiger partial charge in [-0.3, -0.25) is 4.79 Å². The van der Waals surface area contributed by atoms with Gasteiger partial charge in [0.05, 0.1) is 13.2 Å². The lowest BCUT2D eigenvalue weighted by Gasteiger charge is -2.06. The molecule has 4 nitrogen and oxygen atoms in total. The number of esters is 2. The highest BCUT2D eigenvalue weighted by Gasteiger charge is 2.03. The van der Waals surface area contributed by atoms with Gasteiger partial charge in [0.15, 0.2) is 0 Å². The van der Waals surface area contributed by atoms with Gasteiger partial charge >= 0.3 is 11.9 Å². The fourth-order valence-electron chi connectivity index (χ4n) is 7.20. The Hall–Kier alpha value is -1.32. The Balaban J connectivity index is 3.24. The lowest BCUT2D eigenvalue weighted by atomic mass is 10.0. The summed E-state index contributed by atoms with van der Waals surface area (Å²) in [4.78, 5) is 23.9. The SMILES string of the molecule is CCCCCCCCCCCCCCOC(=O)C=CCCCCCCCCCCCCCCCCC(=O)OCCCCCCCCCCCCCC. The Kier molecular flexibility index (Phi) is 44.7. The van der Waals surface area contributed by atoms with Crippen LogP contribution in [-0.4, -0.2) is 25.2 Å². The highest BCUT2D eigenvalue weighted by atomic mass is 16.5. The summed E-state index contributed by atoms with van der Waals surface area (Å²) in [6.07, 6.45) is 55.1.